The molecule has 2 heterocycles. The Morgan fingerprint density at radius 3 is 1.75 bits per heavy atom. The monoisotopic (exact) mass is 678 g/mol. The third kappa shape index (κ3) is 4.80. The maximum atomic E-state index is 2.58. The lowest BCUT2D eigenvalue weighted by Crippen LogP contribution is -2.61. The first-order chi connectivity index (χ1) is 26.3. The van der Waals surface area contributed by atoms with Gasteiger partial charge in [0.25, 0.3) is 6.71 Å². The van der Waals surface area contributed by atoms with E-state index in [-0.39, 0.29) is 6.71 Å². The van der Waals surface area contributed by atoms with Crippen molar-refractivity contribution in [3.05, 3.63) is 175 Å². The summed E-state index contributed by atoms with van der Waals surface area (Å²) in [5.41, 5.74) is 15.6. The third-order valence-electron chi connectivity index (χ3n) is 12.2. The quantitative estimate of drug-likeness (QED) is 0.135. The normalized spacial score (nSPS) is 15.0. The molecule has 1 aliphatic carbocycles. The van der Waals surface area contributed by atoms with Crippen LogP contribution in [-0.2, 0) is 0 Å². The van der Waals surface area contributed by atoms with E-state index in [2.05, 4.69) is 180 Å². The molecule has 3 heteroatoms. The molecular weight excluding hydrogens is 639 g/mol. The lowest BCUT2D eigenvalue weighted by Gasteiger charge is -2.45. The van der Waals surface area contributed by atoms with Gasteiger partial charge in [-0.25, -0.2) is 0 Å². The Bertz CT molecular complexity index is 2680. The molecule has 0 unspecified atom stereocenters. The predicted molar refractivity (Wildman–Crippen MR) is 227 cm³/mol. The molecule has 3 aliphatic rings. The molecule has 0 N–H and O–H groups in total. The first-order valence-electron chi connectivity index (χ1n) is 19.3. The zero-order valence-electron chi connectivity index (χ0n) is 29.8. The van der Waals surface area contributed by atoms with E-state index in [1.807, 2.05) is 0 Å². The number of para-hydroxylation sites is 3. The van der Waals surface area contributed by atoms with E-state index in [4.69, 9.17) is 0 Å². The van der Waals surface area contributed by atoms with Gasteiger partial charge in [-0.15, -0.1) is 0 Å². The van der Waals surface area contributed by atoms with Crippen molar-refractivity contribution < 1.29 is 0 Å². The van der Waals surface area contributed by atoms with Gasteiger partial charge in [0.1, 0.15) is 0 Å². The molecule has 2 aliphatic heterocycles. The Morgan fingerprint density at radius 2 is 1.02 bits per heavy atom. The molecule has 11 rings (SSSR count). The molecule has 0 radical (unpaired) electrons. The molecule has 0 aromatic heterocycles. The smallest absolute Gasteiger partial charge is 0.252 e. The highest BCUT2D eigenvalue weighted by Gasteiger charge is 2.43. The van der Waals surface area contributed by atoms with Crippen molar-refractivity contribution in [1.82, 2.24) is 0 Å². The number of anilines is 6. The number of benzene rings is 8. The molecule has 0 bridgehead atoms. The Labute approximate surface area is 312 Å². The van der Waals surface area contributed by atoms with Gasteiger partial charge in [-0.2, -0.15) is 0 Å². The van der Waals surface area contributed by atoms with Gasteiger partial charge in [0.05, 0.1) is 0 Å². The maximum Gasteiger partial charge on any atom is 0.252 e. The van der Waals surface area contributed by atoms with E-state index in [0.717, 1.165) is 0 Å². The van der Waals surface area contributed by atoms with Crippen molar-refractivity contribution in [2.75, 3.05) is 9.80 Å². The molecule has 1 fully saturated rings. The molecule has 2 nitrogen and oxygen atoms in total. The molecule has 53 heavy (non-hydrogen) atoms. The number of hydrogen-bond acceptors (Lipinski definition) is 2. The van der Waals surface area contributed by atoms with Crippen molar-refractivity contribution in [2.45, 2.75) is 38.0 Å². The van der Waals surface area contributed by atoms with Crippen LogP contribution in [0.5, 0.6) is 0 Å². The SMILES string of the molecule is c1ccc(N2c3ccccc3B3c4ccc(-c5cc6ccccc6c6ccccc56)cc4N(c4ccccc4)c4cc(C5CCCCC5)cc2c43)cc1. The molecule has 8 aromatic rings. The van der Waals surface area contributed by atoms with Gasteiger partial charge in [0.15, 0.2) is 0 Å². The average Bonchev–Trinajstić information content (AvgIpc) is 3.24. The van der Waals surface area contributed by atoms with Gasteiger partial charge in [-0.1, -0.05) is 135 Å². The minimum atomic E-state index is 0.105. The van der Waals surface area contributed by atoms with Gasteiger partial charge in [0.2, 0.25) is 0 Å². The average molecular weight is 679 g/mol. The van der Waals surface area contributed by atoms with Crippen LogP contribution in [0, 0.1) is 0 Å². The van der Waals surface area contributed by atoms with Crippen LogP contribution in [0.3, 0.4) is 0 Å². The topological polar surface area (TPSA) is 6.48 Å². The molecule has 0 spiro atoms. The lowest BCUT2D eigenvalue weighted by molar-refractivity contribution is 0.444. The molecular formula is C50H39BN2. The van der Waals surface area contributed by atoms with Crippen LogP contribution in [0.1, 0.15) is 43.6 Å². The fraction of sp³-hybridized carbons (Fsp3) is 0.120. The number of nitrogens with zero attached hydrogens (tertiary/aromatic N) is 2. The second-order valence-corrected chi connectivity index (χ2v) is 15.1. The summed E-state index contributed by atoms with van der Waals surface area (Å²) in [4.78, 5) is 5.13. The predicted octanol–water partition coefficient (Wildman–Crippen LogP) is 11.8. The summed E-state index contributed by atoms with van der Waals surface area (Å²) in [6.45, 7) is 0.105. The highest BCUT2D eigenvalue weighted by atomic mass is 15.2. The number of fused-ring (bicyclic) bond motifs is 7. The standard InChI is InChI=1S/C50H39BN2/c1-4-16-34(17-5-1)37-32-48-50-49(33-37)53(39-21-8-3-9-22-39)47-31-36(43-30-35-18-10-11-23-40(35)41-24-12-13-25-42(41)43)28-29-45(47)51(50)44-26-14-15-27-46(44)52(48)38-19-6-2-7-20-38/h2-3,6-15,18-34H,1,4-5,16-17H2. The van der Waals surface area contributed by atoms with E-state index in [1.165, 1.54) is 121 Å². The molecule has 1 saturated carbocycles. The number of rotatable bonds is 4. The van der Waals surface area contributed by atoms with Crippen molar-refractivity contribution in [3.63, 3.8) is 0 Å². The van der Waals surface area contributed by atoms with Crippen molar-refractivity contribution in [2.24, 2.45) is 0 Å². The molecule has 8 aromatic carbocycles. The van der Waals surface area contributed by atoms with Gasteiger partial charge in [0, 0.05) is 34.1 Å². The first kappa shape index (κ1) is 30.6. The highest BCUT2D eigenvalue weighted by Crippen LogP contribution is 2.47. The van der Waals surface area contributed by atoms with Crippen LogP contribution in [-0.4, -0.2) is 6.71 Å². The number of hydrogen-bond donors (Lipinski definition) is 0. The maximum absolute atomic E-state index is 2.58. The van der Waals surface area contributed by atoms with E-state index in [9.17, 15) is 0 Å². The first-order valence-corrected chi connectivity index (χ1v) is 19.3. The highest BCUT2D eigenvalue weighted by molar-refractivity contribution is 7.00. The summed E-state index contributed by atoms with van der Waals surface area (Å²) in [5, 5.41) is 5.16. The molecule has 0 atom stereocenters. The summed E-state index contributed by atoms with van der Waals surface area (Å²) in [6.07, 6.45) is 6.46. The Morgan fingerprint density at radius 1 is 0.434 bits per heavy atom. The Hall–Kier alpha value is -6.06. The van der Waals surface area contributed by atoms with Crippen LogP contribution < -0.4 is 26.2 Å². The van der Waals surface area contributed by atoms with Crippen LogP contribution in [0.25, 0.3) is 32.7 Å². The van der Waals surface area contributed by atoms with Crippen LogP contribution in [0.4, 0.5) is 34.1 Å². The summed E-state index contributed by atoms with van der Waals surface area (Å²) in [7, 11) is 0. The summed E-state index contributed by atoms with van der Waals surface area (Å²) < 4.78 is 0. The van der Waals surface area contributed by atoms with E-state index in [0.29, 0.717) is 5.92 Å². The fourth-order valence-electron chi connectivity index (χ4n) is 9.81. The Kier molecular flexibility index (Phi) is 7.08. The second-order valence-electron chi connectivity index (χ2n) is 15.1. The minimum absolute atomic E-state index is 0.105. The van der Waals surface area contributed by atoms with Crippen LogP contribution in [0.15, 0.2) is 170 Å². The molecule has 0 amide bonds. The molecule has 252 valence electrons. The Balaban J connectivity index is 1.22. The van der Waals surface area contributed by atoms with Gasteiger partial charge >= 0.3 is 0 Å². The van der Waals surface area contributed by atoms with Crippen molar-refractivity contribution in [3.8, 4) is 11.1 Å². The lowest BCUT2D eigenvalue weighted by atomic mass is 9.33. The minimum Gasteiger partial charge on any atom is -0.311 e. The van der Waals surface area contributed by atoms with Gasteiger partial charge in [-0.3, -0.25) is 0 Å². The van der Waals surface area contributed by atoms with E-state index < -0.39 is 0 Å². The van der Waals surface area contributed by atoms with E-state index >= 15 is 0 Å². The fourth-order valence-corrected chi connectivity index (χ4v) is 9.81. The molecule has 0 saturated heterocycles. The largest absolute Gasteiger partial charge is 0.311 e. The third-order valence-corrected chi connectivity index (χ3v) is 12.2. The van der Waals surface area contributed by atoms with Crippen LogP contribution >= 0.6 is 0 Å². The zero-order chi connectivity index (χ0) is 34.9. The van der Waals surface area contributed by atoms with Crippen molar-refractivity contribution >= 4 is 78.8 Å². The summed E-state index contributed by atoms with van der Waals surface area (Å²) in [6, 6.07) is 63.8. The second kappa shape index (κ2) is 12.3. The van der Waals surface area contributed by atoms with E-state index in [1.54, 1.807) is 0 Å². The van der Waals surface area contributed by atoms with Gasteiger partial charge < -0.3 is 9.80 Å². The summed E-state index contributed by atoms with van der Waals surface area (Å²) in [5.74, 6) is 0.563. The van der Waals surface area contributed by atoms with Crippen LogP contribution in [0.2, 0.25) is 0 Å². The van der Waals surface area contributed by atoms with Gasteiger partial charge in [-0.05, 0) is 128 Å². The van der Waals surface area contributed by atoms with Crippen molar-refractivity contribution in [1.29, 1.82) is 0 Å². The zero-order valence-corrected chi connectivity index (χ0v) is 29.8. The summed E-state index contributed by atoms with van der Waals surface area (Å²) >= 11 is 0.